The van der Waals surface area contributed by atoms with Gasteiger partial charge in [-0.15, -0.1) is 0 Å². The summed E-state index contributed by atoms with van der Waals surface area (Å²) in [5, 5.41) is 0.422. The number of hydrogen-bond donors (Lipinski definition) is 1. The lowest BCUT2D eigenvalue weighted by molar-refractivity contribution is 0.0600. The molecule has 3 rings (SSSR count). The molecule has 4 nitrogen and oxygen atoms in total. The van der Waals surface area contributed by atoms with Crippen molar-refractivity contribution < 1.29 is 18.7 Å². The topological polar surface area (TPSA) is 61.5 Å². The van der Waals surface area contributed by atoms with Crippen molar-refractivity contribution in [3.05, 3.63) is 82.1 Å². The lowest BCUT2D eigenvalue weighted by atomic mass is 10.0. The molecule has 0 heterocycles. The van der Waals surface area contributed by atoms with Crippen molar-refractivity contribution in [2.75, 3.05) is 20.0 Å². The molecule has 0 aliphatic heterocycles. The third-order valence-electron chi connectivity index (χ3n) is 4.23. The number of rotatable bonds is 3. The molecular formula is C23H17ClFNO3. The first-order valence-corrected chi connectivity index (χ1v) is 8.94. The zero-order chi connectivity index (χ0) is 21.0. The molecule has 0 spiro atoms. The van der Waals surface area contributed by atoms with Crippen LogP contribution in [0.25, 0.3) is 11.1 Å². The van der Waals surface area contributed by atoms with Gasteiger partial charge in [0.2, 0.25) is 0 Å². The Balaban J connectivity index is 1.94. The minimum Gasteiger partial charge on any atom is -0.494 e. The number of hydrogen-bond acceptors (Lipinski definition) is 4. The molecule has 0 aromatic heterocycles. The molecule has 146 valence electrons. The molecule has 29 heavy (non-hydrogen) atoms. The van der Waals surface area contributed by atoms with Gasteiger partial charge in [-0.05, 0) is 29.8 Å². The molecule has 0 saturated carbocycles. The largest absolute Gasteiger partial charge is 0.494 e. The number of benzene rings is 3. The second-order valence-electron chi connectivity index (χ2n) is 6.09. The molecule has 0 unspecified atom stereocenters. The third-order valence-corrected chi connectivity index (χ3v) is 4.54. The molecule has 0 aliphatic rings. The minimum absolute atomic E-state index is 0.0785. The van der Waals surface area contributed by atoms with Crippen LogP contribution in [-0.4, -0.2) is 20.2 Å². The molecular weight excluding hydrogens is 393 g/mol. The Bertz CT molecular complexity index is 1150. The number of methoxy groups -OCH3 is 2. The van der Waals surface area contributed by atoms with Crippen LogP contribution in [0.1, 0.15) is 21.5 Å². The predicted molar refractivity (Wildman–Crippen MR) is 112 cm³/mol. The fourth-order valence-electron chi connectivity index (χ4n) is 2.73. The molecule has 2 N–H and O–H groups in total. The average Bonchev–Trinajstić information content (AvgIpc) is 2.72. The van der Waals surface area contributed by atoms with E-state index in [0.717, 1.165) is 16.7 Å². The summed E-state index contributed by atoms with van der Waals surface area (Å²) < 4.78 is 23.4. The number of anilines is 1. The Morgan fingerprint density at radius 3 is 2.55 bits per heavy atom. The highest BCUT2D eigenvalue weighted by atomic mass is 35.5. The van der Waals surface area contributed by atoms with Crippen molar-refractivity contribution in [2.24, 2.45) is 0 Å². The quantitative estimate of drug-likeness (QED) is 0.379. The molecule has 0 bridgehead atoms. The van der Waals surface area contributed by atoms with Gasteiger partial charge >= 0.3 is 5.97 Å². The van der Waals surface area contributed by atoms with E-state index in [0.29, 0.717) is 16.1 Å². The average molecular weight is 410 g/mol. The Morgan fingerprint density at radius 2 is 1.86 bits per heavy atom. The van der Waals surface area contributed by atoms with E-state index >= 15 is 0 Å². The van der Waals surface area contributed by atoms with Crippen molar-refractivity contribution in [2.45, 2.75) is 0 Å². The monoisotopic (exact) mass is 409 g/mol. The molecule has 0 radical (unpaired) electrons. The Labute approximate surface area is 173 Å². The van der Waals surface area contributed by atoms with E-state index in [9.17, 15) is 9.18 Å². The second-order valence-corrected chi connectivity index (χ2v) is 6.50. The number of nitrogen functional groups attached to an aromatic ring is 1. The van der Waals surface area contributed by atoms with Gasteiger partial charge in [-0.3, -0.25) is 0 Å². The highest BCUT2D eigenvalue weighted by molar-refractivity contribution is 6.33. The van der Waals surface area contributed by atoms with Gasteiger partial charge < -0.3 is 15.2 Å². The van der Waals surface area contributed by atoms with Crippen LogP contribution in [0.4, 0.5) is 10.1 Å². The molecule has 6 heteroatoms. The maximum absolute atomic E-state index is 13.7. The molecule has 3 aromatic carbocycles. The van der Waals surface area contributed by atoms with Crippen LogP contribution in [-0.2, 0) is 4.74 Å². The summed E-state index contributed by atoms with van der Waals surface area (Å²) in [5.74, 6) is 5.04. The van der Waals surface area contributed by atoms with E-state index < -0.39 is 11.8 Å². The third kappa shape index (κ3) is 4.50. The first kappa shape index (κ1) is 20.2. The fraction of sp³-hybridized carbons (Fsp3) is 0.0870. The van der Waals surface area contributed by atoms with Gasteiger partial charge in [-0.2, -0.15) is 0 Å². The molecule has 3 aromatic rings. The Kier molecular flexibility index (Phi) is 6.06. The van der Waals surface area contributed by atoms with E-state index in [4.69, 9.17) is 26.8 Å². The zero-order valence-electron chi connectivity index (χ0n) is 15.8. The van der Waals surface area contributed by atoms with Crippen LogP contribution in [0.15, 0.2) is 54.6 Å². The van der Waals surface area contributed by atoms with Gasteiger partial charge in [0.25, 0.3) is 0 Å². The van der Waals surface area contributed by atoms with Crippen LogP contribution >= 0.6 is 11.6 Å². The molecule has 0 atom stereocenters. The zero-order valence-corrected chi connectivity index (χ0v) is 16.5. The standard InChI is InChI=1S/C23H17ClFNO3/c1-28-22-12-16(21(26)13-20(22)25)7-6-14-4-3-5-15(10-14)18-9-8-17(11-19(18)24)23(27)29-2/h3-5,8-13H,26H2,1-2H3. The summed E-state index contributed by atoms with van der Waals surface area (Å²) in [5.41, 5.74) is 9.23. The second kappa shape index (κ2) is 8.68. The molecule has 0 aliphatic carbocycles. The highest BCUT2D eigenvalue weighted by Gasteiger charge is 2.10. The van der Waals surface area contributed by atoms with Gasteiger partial charge in [-0.25, -0.2) is 9.18 Å². The molecule has 0 fully saturated rings. The smallest absolute Gasteiger partial charge is 0.337 e. The summed E-state index contributed by atoms with van der Waals surface area (Å²) in [7, 11) is 2.69. The Hall–Kier alpha value is -3.49. The number of esters is 1. The van der Waals surface area contributed by atoms with Gasteiger partial charge in [0.05, 0.1) is 31.0 Å². The SMILES string of the molecule is COC(=O)c1ccc(-c2cccc(C#Cc3cc(OC)c(F)cc3N)c2)c(Cl)c1. The number of halogens is 2. The fourth-order valence-corrected chi connectivity index (χ4v) is 3.02. The summed E-state index contributed by atoms with van der Waals surface area (Å²) in [6.45, 7) is 0. The Morgan fingerprint density at radius 1 is 1.07 bits per heavy atom. The van der Waals surface area contributed by atoms with Crippen LogP contribution in [0, 0.1) is 17.7 Å². The van der Waals surface area contributed by atoms with E-state index in [2.05, 4.69) is 11.8 Å². The van der Waals surface area contributed by atoms with Crippen LogP contribution in [0.2, 0.25) is 5.02 Å². The van der Waals surface area contributed by atoms with Crippen molar-refractivity contribution in [1.29, 1.82) is 0 Å². The maximum Gasteiger partial charge on any atom is 0.337 e. The van der Waals surface area contributed by atoms with Gasteiger partial charge in [0, 0.05) is 28.3 Å². The number of ether oxygens (including phenoxy) is 2. The van der Waals surface area contributed by atoms with Gasteiger partial charge in [-0.1, -0.05) is 41.6 Å². The summed E-state index contributed by atoms with van der Waals surface area (Å²) >= 11 is 6.35. The lowest BCUT2D eigenvalue weighted by Crippen LogP contribution is -2.00. The van der Waals surface area contributed by atoms with Crippen molar-refractivity contribution in [1.82, 2.24) is 0 Å². The highest BCUT2D eigenvalue weighted by Crippen LogP contribution is 2.29. The van der Waals surface area contributed by atoms with Gasteiger partial charge in [0.15, 0.2) is 11.6 Å². The normalized spacial score (nSPS) is 10.1. The van der Waals surface area contributed by atoms with Gasteiger partial charge in [0.1, 0.15) is 0 Å². The maximum atomic E-state index is 13.7. The van der Waals surface area contributed by atoms with Crippen molar-refractivity contribution in [3.63, 3.8) is 0 Å². The van der Waals surface area contributed by atoms with Crippen molar-refractivity contribution >= 4 is 23.3 Å². The van der Waals surface area contributed by atoms with Crippen LogP contribution in [0.5, 0.6) is 5.75 Å². The summed E-state index contributed by atoms with van der Waals surface area (Å²) in [4.78, 5) is 11.6. The van der Waals surface area contributed by atoms with E-state index in [1.54, 1.807) is 18.2 Å². The van der Waals surface area contributed by atoms with E-state index in [1.807, 2.05) is 24.3 Å². The minimum atomic E-state index is -0.539. The van der Waals surface area contributed by atoms with Crippen LogP contribution in [0.3, 0.4) is 0 Å². The van der Waals surface area contributed by atoms with E-state index in [-0.39, 0.29) is 11.4 Å². The number of nitrogens with two attached hydrogens (primary N) is 1. The summed E-state index contributed by atoms with van der Waals surface area (Å²) in [6.07, 6.45) is 0. The number of carbonyl (C=O) groups excluding carboxylic acids is 1. The van der Waals surface area contributed by atoms with Crippen LogP contribution < -0.4 is 10.5 Å². The molecule has 0 saturated heterocycles. The van der Waals surface area contributed by atoms with Crippen molar-refractivity contribution in [3.8, 4) is 28.7 Å². The molecule has 0 amide bonds. The lowest BCUT2D eigenvalue weighted by Gasteiger charge is -2.07. The summed E-state index contributed by atoms with van der Waals surface area (Å²) in [6, 6.07) is 15.0. The first-order chi connectivity index (χ1) is 13.9. The first-order valence-electron chi connectivity index (χ1n) is 8.56. The predicted octanol–water partition coefficient (Wildman–Crippen LogP) is 4.92. The number of carbonyl (C=O) groups is 1. The van der Waals surface area contributed by atoms with E-state index in [1.165, 1.54) is 26.4 Å².